The number of halogens is 2. The lowest BCUT2D eigenvalue weighted by molar-refractivity contribution is 0.0226. The van der Waals surface area contributed by atoms with Crippen LogP contribution in [0.2, 0.25) is 0 Å². The summed E-state index contributed by atoms with van der Waals surface area (Å²) in [6.45, 7) is 2.39. The van der Waals surface area contributed by atoms with E-state index >= 15 is 0 Å². The minimum Gasteiger partial charge on any atom is -0.286 e. The zero-order valence-corrected chi connectivity index (χ0v) is 7.54. The van der Waals surface area contributed by atoms with Crippen molar-refractivity contribution in [1.82, 2.24) is 0 Å². The van der Waals surface area contributed by atoms with Crippen LogP contribution in [-0.4, -0.2) is 11.7 Å². The van der Waals surface area contributed by atoms with Gasteiger partial charge < -0.3 is 0 Å². The van der Waals surface area contributed by atoms with Crippen molar-refractivity contribution in [2.24, 2.45) is 0 Å². The fraction of sp³-hybridized carbons (Fsp3) is 0.375. The molecule has 0 aliphatic rings. The van der Waals surface area contributed by atoms with Gasteiger partial charge in [-0.15, -0.1) is 11.3 Å². The van der Waals surface area contributed by atoms with Crippen molar-refractivity contribution in [2.75, 3.05) is 0 Å². The minimum atomic E-state index is -3.25. The van der Waals surface area contributed by atoms with Gasteiger partial charge in [0, 0.05) is 11.8 Å². The van der Waals surface area contributed by atoms with Crippen LogP contribution in [-0.2, 0) is 0 Å². The molecule has 0 unspecified atom stereocenters. The van der Waals surface area contributed by atoms with Gasteiger partial charge in [0.05, 0.1) is 4.88 Å². The van der Waals surface area contributed by atoms with E-state index in [1.54, 1.807) is 13.0 Å². The summed E-state index contributed by atoms with van der Waals surface area (Å²) in [7, 11) is 0. The van der Waals surface area contributed by atoms with Crippen LogP contribution < -0.4 is 0 Å². The van der Waals surface area contributed by atoms with Gasteiger partial charge in [0.25, 0.3) is 0 Å². The fourth-order valence-electron chi connectivity index (χ4n) is 0.773. The molecule has 12 heavy (non-hydrogen) atoms. The minimum absolute atomic E-state index is 0.125. The third-order valence-electron chi connectivity index (χ3n) is 1.36. The Balaban J connectivity index is 2.93. The third-order valence-corrected chi connectivity index (χ3v) is 2.36. The van der Waals surface area contributed by atoms with Crippen molar-refractivity contribution in [3.05, 3.63) is 21.9 Å². The van der Waals surface area contributed by atoms with Crippen molar-refractivity contribution in [2.45, 2.75) is 19.8 Å². The van der Waals surface area contributed by atoms with Gasteiger partial charge in [0.15, 0.2) is 0 Å². The highest BCUT2D eigenvalue weighted by atomic mass is 32.1. The highest BCUT2D eigenvalue weighted by Crippen LogP contribution is 2.24. The van der Waals surface area contributed by atoms with E-state index < -0.39 is 11.7 Å². The molecule has 1 heterocycles. The number of thiophene rings is 1. The predicted octanol–water partition coefficient (Wildman–Crippen LogP) is 2.89. The average molecular weight is 190 g/mol. The Kier molecular flexibility index (Phi) is 2.28. The summed E-state index contributed by atoms with van der Waals surface area (Å²) in [4.78, 5) is 11.9. The lowest BCUT2D eigenvalue weighted by Gasteiger charge is -2.05. The predicted molar refractivity (Wildman–Crippen MR) is 44.0 cm³/mol. The first-order valence-corrected chi connectivity index (χ1v) is 4.22. The Labute approximate surface area is 73.0 Å². The second-order valence-electron chi connectivity index (χ2n) is 2.63. The smallest absolute Gasteiger partial charge is 0.286 e. The number of carbonyl (C=O) groups is 1. The zero-order chi connectivity index (χ0) is 9.35. The summed E-state index contributed by atoms with van der Waals surface area (Å²) in [6.07, 6.45) is 0. The van der Waals surface area contributed by atoms with E-state index in [2.05, 4.69) is 0 Å². The van der Waals surface area contributed by atoms with Gasteiger partial charge in [-0.05, 0) is 19.1 Å². The van der Waals surface area contributed by atoms with Crippen LogP contribution in [0.15, 0.2) is 12.1 Å². The van der Waals surface area contributed by atoms with E-state index in [0.29, 0.717) is 6.92 Å². The molecule has 1 aromatic heterocycles. The molecule has 0 N–H and O–H groups in total. The summed E-state index contributed by atoms with van der Waals surface area (Å²) in [5.41, 5.74) is 0. The van der Waals surface area contributed by atoms with Crippen molar-refractivity contribution >= 4 is 17.1 Å². The lowest BCUT2D eigenvalue weighted by atomic mass is 10.2. The molecule has 0 saturated heterocycles. The van der Waals surface area contributed by atoms with Crippen molar-refractivity contribution in [3.8, 4) is 0 Å². The maximum absolute atomic E-state index is 12.5. The number of aryl methyl sites for hydroxylation is 1. The average Bonchev–Trinajstić information content (AvgIpc) is 2.32. The Morgan fingerprint density at radius 2 is 2.08 bits per heavy atom. The van der Waals surface area contributed by atoms with Gasteiger partial charge in [0.1, 0.15) is 0 Å². The molecule has 1 aromatic rings. The number of Topliss-reactive ketones (excluding diaryl/α,β-unsaturated/α-hetero) is 1. The maximum atomic E-state index is 12.5. The summed E-state index contributed by atoms with van der Waals surface area (Å²) in [5.74, 6) is -4.35. The van der Waals surface area contributed by atoms with Crippen molar-refractivity contribution < 1.29 is 13.6 Å². The molecule has 0 amide bonds. The molecule has 1 rings (SSSR count). The quantitative estimate of drug-likeness (QED) is 0.655. The summed E-state index contributed by atoms with van der Waals surface area (Å²) in [6, 6.07) is 3.09. The van der Waals surface area contributed by atoms with Crippen LogP contribution in [0.5, 0.6) is 0 Å². The Morgan fingerprint density at radius 1 is 1.50 bits per heavy atom. The van der Waals surface area contributed by atoms with E-state index in [4.69, 9.17) is 0 Å². The molecule has 0 radical (unpaired) electrons. The fourth-order valence-corrected chi connectivity index (χ4v) is 1.66. The molecule has 0 saturated carbocycles. The van der Waals surface area contributed by atoms with E-state index in [1.807, 2.05) is 0 Å². The zero-order valence-electron chi connectivity index (χ0n) is 6.73. The Bertz CT molecular complexity index is 298. The molecule has 0 bridgehead atoms. The van der Waals surface area contributed by atoms with Crippen LogP contribution in [0.4, 0.5) is 8.78 Å². The van der Waals surface area contributed by atoms with Crippen molar-refractivity contribution in [1.29, 1.82) is 0 Å². The van der Waals surface area contributed by atoms with Gasteiger partial charge in [-0.25, -0.2) is 0 Å². The number of alkyl halides is 2. The standard InChI is InChI=1S/C8H8F2OS/c1-5-3-4-6(12-5)7(11)8(2,9)10/h3-4H,1-2H3. The van der Waals surface area contributed by atoms with Crippen molar-refractivity contribution in [3.63, 3.8) is 0 Å². The first-order chi connectivity index (χ1) is 5.41. The molecule has 4 heteroatoms. The highest BCUT2D eigenvalue weighted by Gasteiger charge is 2.33. The molecule has 0 spiro atoms. The van der Waals surface area contributed by atoms with Gasteiger partial charge in [-0.1, -0.05) is 0 Å². The second-order valence-corrected chi connectivity index (χ2v) is 3.92. The number of hydrogen-bond acceptors (Lipinski definition) is 2. The molecular formula is C8H8F2OS. The molecule has 0 aliphatic carbocycles. The largest absolute Gasteiger partial charge is 0.307 e. The summed E-state index contributed by atoms with van der Waals surface area (Å²) >= 11 is 1.09. The van der Waals surface area contributed by atoms with Crippen LogP contribution in [0, 0.1) is 6.92 Å². The van der Waals surface area contributed by atoms with Crippen LogP contribution in [0.25, 0.3) is 0 Å². The Morgan fingerprint density at radius 3 is 2.42 bits per heavy atom. The second kappa shape index (κ2) is 2.94. The topological polar surface area (TPSA) is 17.1 Å². The monoisotopic (exact) mass is 190 g/mol. The first kappa shape index (κ1) is 9.32. The normalized spacial score (nSPS) is 11.7. The first-order valence-electron chi connectivity index (χ1n) is 3.40. The van der Waals surface area contributed by atoms with Gasteiger partial charge in [-0.3, -0.25) is 4.79 Å². The number of rotatable bonds is 2. The van der Waals surface area contributed by atoms with E-state index in [9.17, 15) is 13.6 Å². The SMILES string of the molecule is Cc1ccc(C(=O)C(C)(F)F)s1. The third kappa shape index (κ3) is 1.88. The lowest BCUT2D eigenvalue weighted by Crippen LogP contribution is -2.23. The Hall–Kier alpha value is -0.770. The number of hydrogen-bond donors (Lipinski definition) is 0. The van der Waals surface area contributed by atoms with Crippen LogP contribution in [0.1, 0.15) is 21.5 Å². The van der Waals surface area contributed by atoms with Crippen LogP contribution in [0.3, 0.4) is 0 Å². The van der Waals surface area contributed by atoms with E-state index in [-0.39, 0.29) is 4.88 Å². The molecule has 0 atom stereocenters. The number of ketones is 1. The summed E-state index contributed by atoms with van der Waals surface area (Å²) < 4.78 is 24.9. The van der Waals surface area contributed by atoms with Crippen LogP contribution >= 0.6 is 11.3 Å². The number of carbonyl (C=O) groups excluding carboxylic acids is 1. The van der Waals surface area contributed by atoms with E-state index in [1.165, 1.54) is 6.07 Å². The van der Waals surface area contributed by atoms with Gasteiger partial charge >= 0.3 is 5.92 Å². The molecule has 1 nitrogen and oxygen atoms in total. The highest BCUT2D eigenvalue weighted by molar-refractivity contribution is 7.14. The van der Waals surface area contributed by atoms with E-state index in [0.717, 1.165) is 16.2 Å². The summed E-state index contributed by atoms with van der Waals surface area (Å²) in [5, 5.41) is 0. The molecule has 0 aromatic carbocycles. The van der Waals surface area contributed by atoms with Gasteiger partial charge in [-0.2, -0.15) is 8.78 Å². The maximum Gasteiger partial charge on any atom is 0.307 e. The molecule has 0 aliphatic heterocycles. The molecule has 66 valence electrons. The molecular weight excluding hydrogens is 182 g/mol. The molecule has 0 fully saturated rings. The van der Waals surface area contributed by atoms with Gasteiger partial charge in [0.2, 0.25) is 5.78 Å².